The third-order valence-corrected chi connectivity index (χ3v) is 4.02. The number of nitrogens with one attached hydrogen (secondary N) is 3. The molecule has 7 nitrogen and oxygen atoms in total. The molecule has 1 aromatic carbocycles. The highest BCUT2D eigenvalue weighted by molar-refractivity contribution is 6.01. The number of carbonyl (C=O) groups excluding carboxylic acids is 3. The van der Waals surface area contributed by atoms with E-state index in [9.17, 15) is 18.8 Å². The fraction of sp³-hybridized carbons (Fsp3) is 0.471. The standard InChI is InChI=1S/C17H22FN3O4/c1-2-25-16(23)12-6-5-9-21(10-12)11-15(22)20-17(24)19-14-8-4-3-7-13(14)18/h3-4,7-8,12H,2,5-6,9-11H2,1H3,(H2,19,20,22,24)/p+1/t12-/m1/s1. The largest absolute Gasteiger partial charge is 0.466 e. The van der Waals surface area contributed by atoms with Crippen molar-refractivity contribution < 1.29 is 28.4 Å². The second-order valence-corrected chi connectivity index (χ2v) is 5.95. The van der Waals surface area contributed by atoms with Gasteiger partial charge < -0.3 is 15.0 Å². The van der Waals surface area contributed by atoms with E-state index in [0.717, 1.165) is 24.3 Å². The van der Waals surface area contributed by atoms with Crippen molar-refractivity contribution >= 4 is 23.6 Å². The van der Waals surface area contributed by atoms with Crippen LogP contribution in [0.4, 0.5) is 14.9 Å². The SMILES string of the molecule is CCOC(=O)[C@@H]1CCC[NH+](CC(=O)NC(=O)Nc2ccccc2F)C1. The summed E-state index contributed by atoms with van der Waals surface area (Å²) in [7, 11) is 0. The van der Waals surface area contributed by atoms with Crippen molar-refractivity contribution in [3.05, 3.63) is 30.1 Å². The van der Waals surface area contributed by atoms with Gasteiger partial charge in [0, 0.05) is 0 Å². The Morgan fingerprint density at radius 1 is 1.32 bits per heavy atom. The number of benzene rings is 1. The number of hydrogen-bond donors (Lipinski definition) is 3. The van der Waals surface area contributed by atoms with Crippen LogP contribution in [0.15, 0.2) is 24.3 Å². The first-order valence-electron chi connectivity index (χ1n) is 8.35. The summed E-state index contributed by atoms with van der Waals surface area (Å²) in [5.41, 5.74) is 0.000458. The number of hydrogen-bond acceptors (Lipinski definition) is 4. The number of piperidine rings is 1. The molecule has 1 heterocycles. The summed E-state index contributed by atoms with van der Waals surface area (Å²) < 4.78 is 18.5. The van der Waals surface area contributed by atoms with Crippen LogP contribution in [0.2, 0.25) is 0 Å². The Hall–Kier alpha value is -2.48. The Kier molecular flexibility index (Phi) is 6.88. The molecule has 3 N–H and O–H groups in total. The van der Waals surface area contributed by atoms with Crippen LogP contribution >= 0.6 is 0 Å². The molecule has 2 atom stereocenters. The van der Waals surface area contributed by atoms with Gasteiger partial charge >= 0.3 is 12.0 Å². The molecule has 0 bridgehead atoms. The van der Waals surface area contributed by atoms with Gasteiger partial charge in [-0.3, -0.25) is 14.9 Å². The van der Waals surface area contributed by atoms with Gasteiger partial charge in [0.2, 0.25) is 0 Å². The van der Waals surface area contributed by atoms with E-state index in [1.165, 1.54) is 18.2 Å². The van der Waals surface area contributed by atoms with Crippen LogP contribution in [0.5, 0.6) is 0 Å². The minimum atomic E-state index is -0.784. The third kappa shape index (κ3) is 5.82. The van der Waals surface area contributed by atoms with Gasteiger partial charge in [-0.1, -0.05) is 12.1 Å². The first-order chi connectivity index (χ1) is 12.0. The molecular formula is C17H23FN3O4+. The Labute approximate surface area is 145 Å². The zero-order valence-corrected chi connectivity index (χ0v) is 14.1. The van der Waals surface area contributed by atoms with Crippen molar-refractivity contribution in [2.24, 2.45) is 5.92 Å². The van der Waals surface area contributed by atoms with Crippen LogP contribution in [0.1, 0.15) is 19.8 Å². The summed E-state index contributed by atoms with van der Waals surface area (Å²) in [6.45, 7) is 3.41. The van der Waals surface area contributed by atoms with Crippen LogP contribution < -0.4 is 15.5 Å². The topological polar surface area (TPSA) is 88.9 Å². The van der Waals surface area contributed by atoms with Crippen LogP contribution in [-0.2, 0) is 14.3 Å². The molecular weight excluding hydrogens is 329 g/mol. The fourth-order valence-corrected chi connectivity index (χ4v) is 2.89. The van der Waals surface area contributed by atoms with E-state index in [-0.39, 0.29) is 24.1 Å². The maximum atomic E-state index is 13.5. The number of anilines is 1. The number of amides is 3. The van der Waals surface area contributed by atoms with Gasteiger partial charge in [0.1, 0.15) is 11.7 Å². The maximum Gasteiger partial charge on any atom is 0.326 e. The Balaban J connectivity index is 1.80. The number of likely N-dealkylation sites (tertiary alicyclic amines) is 1. The van der Waals surface area contributed by atoms with Crippen molar-refractivity contribution in [3.8, 4) is 0 Å². The zero-order valence-electron chi connectivity index (χ0n) is 14.1. The van der Waals surface area contributed by atoms with Crippen LogP contribution in [0.3, 0.4) is 0 Å². The quantitative estimate of drug-likeness (QED) is 0.667. The predicted molar refractivity (Wildman–Crippen MR) is 88.5 cm³/mol. The van der Waals surface area contributed by atoms with Gasteiger partial charge in [0.05, 0.1) is 25.4 Å². The van der Waals surface area contributed by atoms with Gasteiger partial charge in [-0.25, -0.2) is 9.18 Å². The van der Waals surface area contributed by atoms with E-state index in [2.05, 4.69) is 10.6 Å². The summed E-state index contributed by atoms with van der Waals surface area (Å²) in [5.74, 6) is -1.52. The minimum Gasteiger partial charge on any atom is -0.466 e. The van der Waals surface area contributed by atoms with Crippen molar-refractivity contribution in [1.29, 1.82) is 0 Å². The first-order valence-corrected chi connectivity index (χ1v) is 8.35. The van der Waals surface area contributed by atoms with Gasteiger partial charge in [-0.05, 0) is 31.9 Å². The number of halogens is 1. The number of quaternary nitrogens is 1. The average Bonchev–Trinajstić information content (AvgIpc) is 2.57. The predicted octanol–water partition coefficient (Wildman–Crippen LogP) is 0.332. The molecule has 1 aliphatic heterocycles. The summed E-state index contributed by atoms with van der Waals surface area (Å²) >= 11 is 0. The van der Waals surface area contributed by atoms with E-state index in [4.69, 9.17) is 4.74 Å². The van der Waals surface area contributed by atoms with Gasteiger partial charge in [-0.15, -0.1) is 0 Å². The lowest BCUT2D eigenvalue weighted by atomic mass is 9.98. The van der Waals surface area contributed by atoms with E-state index in [0.29, 0.717) is 13.2 Å². The number of esters is 1. The first kappa shape index (κ1) is 18.9. The molecule has 0 aliphatic carbocycles. The smallest absolute Gasteiger partial charge is 0.326 e. The van der Waals surface area contributed by atoms with E-state index < -0.39 is 17.8 Å². The highest BCUT2D eigenvalue weighted by atomic mass is 19.1. The number of imide groups is 1. The van der Waals surface area contributed by atoms with E-state index in [1.54, 1.807) is 13.0 Å². The lowest BCUT2D eigenvalue weighted by Crippen LogP contribution is -3.14. The number of carbonyl (C=O) groups is 3. The lowest BCUT2D eigenvalue weighted by molar-refractivity contribution is -0.899. The summed E-state index contributed by atoms with van der Waals surface area (Å²) in [5, 5.41) is 4.47. The molecule has 1 aliphatic rings. The van der Waals surface area contributed by atoms with Gasteiger partial charge in [0.15, 0.2) is 6.54 Å². The Morgan fingerprint density at radius 2 is 2.08 bits per heavy atom. The molecule has 0 spiro atoms. The molecule has 0 saturated carbocycles. The third-order valence-electron chi connectivity index (χ3n) is 4.02. The van der Waals surface area contributed by atoms with E-state index >= 15 is 0 Å². The van der Waals surface area contributed by atoms with Crippen molar-refractivity contribution in [2.45, 2.75) is 19.8 Å². The van der Waals surface area contributed by atoms with Crippen molar-refractivity contribution in [1.82, 2.24) is 5.32 Å². The fourth-order valence-electron chi connectivity index (χ4n) is 2.89. The molecule has 136 valence electrons. The van der Waals surface area contributed by atoms with Gasteiger partial charge in [0.25, 0.3) is 5.91 Å². The average molecular weight is 352 g/mol. The molecule has 1 aromatic rings. The molecule has 0 aromatic heterocycles. The van der Waals surface area contributed by atoms with Crippen LogP contribution in [0.25, 0.3) is 0 Å². The molecule has 25 heavy (non-hydrogen) atoms. The zero-order chi connectivity index (χ0) is 18.2. The maximum absolute atomic E-state index is 13.5. The molecule has 1 fully saturated rings. The molecule has 3 amide bonds. The summed E-state index contributed by atoms with van der Waals surface area (Å²) in [4.78, 5) is 36.5. The second-order valence-electron chi connectivity index (χ2n) is 5.95. The number of para-hydroxylation sites is 1. The van der Waals surface area contributed by atoms with Crippen molar-refractivity contribution in [3.63, 3.8) is 0 Å². The van der Waals surface area contributed by atoms with Crippen LogP contribution in [0, 0.1) is 11.7 Å². The highest BCUT2D eigenvalue weighted by Crippen LogP contribution is 2.12. The Morgan fingerprint density at radius 3 is 2.80 bits per heavy atom. The number of urea groups is 1. The molecule has 0 radical (unpaired) electrons. The minimum absolute atomic E-state index is 0.000458. The lowest BCUT2D eigenvalue weighted by Gasteiger charge is -2.28. The van der Waals surface area contributed by atoms with Crippen LogP contribution in [-0.4, -0.2) is 44.1 Å². The summed E-state index contributed by atoms with van der Waals surface area (Å²) in [6.07, 6.45) is 1.56. The van der Waals surface area contributed by atoms with E-state index in [1.807, 2.05) is 0 Å². The number of rotatable bonds is 5. The van der Waals surface area contributed by atoms with Gasteiger partial charge in [-0.2, -0.15) is 0 Å². The highest BCUT2D eigenvalue weighted by Gasteiger charge is 2.31. The number of ether oxygens (including phenoxy) is 1. The monoisotopic (exact) mass is 352 g/mol. The normalized spacial score (nSPS) is 19.8. The molecule has 8 heteroatoms. The molecule has 1 unspecified atom stereocenters. The van der Waals surface area contributed by atoms with Crippen molar-refractivity contribution in [2.75, 3.05) is 31.6 Å². The molecule has 1 saturated heterocycles. The second kappa shape index (κ2) is 9.12. The summed E-state index contributed by atoms with van der Waals surface area (Å²) in [6, 6.07) is 4.91. The Bertz CT molecular complexity index is 638. The molecule has 2 rings (SSSR count).